The molecule has 0 saturated heterocycles. The summed E-state index contributed by atoms with van der Waals surface area (Å²) < 4.78 is 2.46. The minimum atomic E-state index is -0.00566. The van der Waals surface area contributed by atoms with Gasteiger partial charge in [0.15, 0.2) is 0 Å². The lowest BCUT2D eigenvalue weighted by Crippen LogP contribution is -2.14. The maximum Gasteiger partial charge on any atom is 0.0541 e. The Labute approximate surface area is 303 Å². The summed E-state index contributed by atoms with van der Waals surface area (Å²) in [5, 5.41) is 10.5. The highest BCUT2D eigenvalue weighted by molar-refractivity contribution is 6.25. The van der Waals surface area contributed by atoms with Gasteiger partial charge < -0.3 is 4.57 Å². The number of nitrogens with zero attached hydrogens (tertiary/aromatic N) is 1. The summed E-state index contributed by atoms with van der Waals surface area (Å²) in [6, 6.07) is 56.8. The fourth-order valence-electron chi connectivity index (χ4n) is 9.54. The van der Waals surface area contributed by atoms with E-state index in [2.05, 4.69) is 188 Å². The molecule has 8 aromatic carbocycles. The summed E-state index contributed by atoms with van der Waals surface area (Å²) in [6.07, 6.45) is 8.17. The number of para-hydroxylation sites is 1. The van der Waals surface area contributed by atoms with E-state index in [1.165, 1.54) is 98.8 Å². The Morgan fingerprint density at radius 2 is 1.13 bits per heavy atom. The molecule has 246 valence electrons. The van der Waals surface area contributed by atoms with Crippen LogP contribution in [0.15, 0.2) is 170 Å². The molecular formula is C51H37N. The summed E-state index contributed by atoms with van der Waals surface area (Å²) in [6.45, 7) is 4.70. The number of hydrogen-bond acceptors (Lipinski definition) is 0. The molecule has 0 N–H and O–H groups in total. The molecule has 1 heterocycles. The highest BCUT2D eigenvalue weighted by Gasteiger charge is 2.35. The standard InChI is InChI=1S/C51H37N/c1-51(2)47-20-9-7-18-42(47)45-31-36(24-26-48(45)51)52-49-21-10-8-19-43(49)46-30-35(23-27-50(46)52)33-13-11-12-32(28-33)34-22-25-41-39-16-4-3-14-37(39)38-15-5-6-17-40(38)44(41)29-34/h3-11,13-32H,12H2,1-2H3. The van der Waals surface area contributed by atoms with Crippen LogP contribution in [0.5, 0.6) is 0 Å². The quantitative estimate of drug-likeness (QED) is 0.166. The molecule has 0 radical (unpaired) electrons. The molecule has 1 unspecified atom stereocenters. The van der Waals surface area contributed by atoms with Crippen molar-refractivity contribution in [2.45, 2.75) is 31.6 Å². The molecule has 1 atom stereocenters. The third kappa shape index (κ3) is 4.17. The van der Waals surface area contributed by atoms with E-state index in [0.717, 1.165) is 6.42 Å². The van der Waals surface area contributed by atoms with Crippen LogP contribution in [0, 0.1) is 0 Å². The summed E-state index contributed by atoms with van der Waals surface area (Å²) in [5.41, 5.74) is 13.1. The molecule has 2 aliphatic rings. The Hall–Kier alpha value is -6.18. The van der Waals surface area contributed by atoms with E-state index >= 15 is 0 Å². The minimum Gasteiger partial charge on any atom is -0.309 e. The lowest BCUT2D eigenvalue weighted by atomic mass is 9.82. The summed E-state index contributed by atoms with van der Waals surface area (Å²) in [4.78, 5) is 0. The van der Waals surface area contributed by atoms with Gasteiger partial charge in [0, 0.05) is 27.8 Å². The monoisotopic (exact) mass is 663 g/mol. The minimum absolute atomic E-state index is 0.00566. The van der Waals surface area contributed by atoms with E-state index in [-0.39, 0.29) is 5.41 Å². The van der Waals surface area contributed by atoms with Crippen molar-refractivity contribution in [3.63, 3.8) is 0 Å². The van der Waals surface area contributed by atoms with Crippen LogP contribution in [0.3, 0.4) is 0 Å². The molecule has 2 aliphatic carbocycles. The first-order valence-corrected chi connectivity index (χ1v) is 18.5. The summed E-state index contributed by atoms with van der Waals surface area (Å²) in [5.74, 6) is 0.310. The summed E-state index contributed by atoms with van der Waals surface area (Å²) in [7, 11) is 0. The smallest absolute Gasteiger partial charge is 0.0541 e. The fraction of sp³-hybridized carbons (Fsp3) is 0.0980. The molecule has 9 aromatic rings. The molecular weight excluding hydrogens is 627 g/mol. The molecule has 1 heteroatoms. The molecule has 11 rings (SSSR count). The predicted molar refractivity (Wildman–Crippen MR) is 222 cm³/mol. The Morgan fingerprint density at radius 1 is 0.500 bits per heavy atom. The average Bonchev–Trinajstić information content (AvgIpc) is 3.65. The number of aromatic nitrogens is 1. The van der Waals surface area contributed by atoms with Gasteiger partial charge >= 0.3 is 0 Å². The lowest BCUT2D eigenvalue weighted by molar-refractivity contribution is 0.660. The average molecular weight is 664 g/mol. The van der Waals surface area contributed by atoms with E-state index in [4.69, 9.17) is 0 Å². The number of benzene rings is 8. The van der Waals surface area contributed by atoms with Crippen molar-refractivity contribution < 1.29 is 0 Å². The first-order valence-electron chi connectivity index (χ1n) is 18.5. The van der Waals surface area contributed by atoms with Gasteiger partial charge in [-0.25, -0.2) is 0 Å². The second kappa shape index (κ2) is 10.9. The van der Waals surface area contributed by atoms with E-state index in [1.54, 1.807) is 0 Å². The van der Waals surface area contributed by atoms with Gasteiger partial charge in [-0.2, -0.15) is 0 Å². The second-order valence-electron chi connectivity index (χ2n) is 15.2. The van der Waals surface area contributed by atoms with Crippen LogP contribution in [-0.2, 0) is 5.41 Å². The Balaban J connectivity index is 1.03. The third-order valence-corrected chi connectivity index (χ3v) is 12.1. The molecule has 0 fully saturated rings. The number of hydrogen-bond donors (Lipinski definition) is 0. The Bertz CT molecular complexity index is 2980. The van der Waals surface area contributed by atoms with E-state index < -0.39 is 0 Å². The van der Waals surface area contributed by atoms with Crippen molar-refractivity contribution in [2.24, 2.45) is 0 Å². The van der Waals surface area contributed by atoms with Crippen molar-refractivity contribution in [1.29, 1.82) is 0 Å². The lowest BCUT2D eigenvalue weighted by Gasteiger charge is -2.21. The number of fused-ring (bicyclic) bond motifs is 12. The van der Waals surface area contributed by atoms with Gasteiger partial charge in [0.25, 0.3) is 0 Å². The zero-order chi connectivity index (χ0) is 34.6. The maximum atomic E-state index is 2.49. The fourth-order valence-corrected chi connectivity index (χ4v) is 9.54. The van der Waals surface area contributed by atoms with Crippen LogP contribution in [0.25, 0.3) is 76.5 Å². The second-order valence-corrected chi connectivity index (χ2v) is 15.2. The van der Waals surface area contributed by atoms with Crippen molar-refractivity contribution in [1.82, 2.24) is 4.57 Å². The number of allylic oxidation sites excluding steroid dienone is 4. The zero-order valence-corrected chi connectivity index (χ0v) is 29.4. The van der Waals surface area contributed by atoms with Crippen LogP contribution in [0.4, 0.5) is 0 Å². The van der Waals surface area contributed by atoms with Gasteiger partial charge in [-0.15, -0.1) is 0 Å². The Kier molecular flexibility index (Phi) is 6.20. The van der Waals surface area contributed by atoms with Gasteiger partial charge in [0.05, 0.1) is 11.0 Å². The largest absolute Gasteiger partial charge is 0.309 e. The first-order chi connectivity index (χ1) is 25.5. The highest BCUT2D eigenvalue weighted by Crippen LogP contribution is 2.49. The molecule has 0 spiro atoms. The van der Waals surface area contributed by atoms with Gasteiger partial charge in [-0.1, -0.05) is 147 Å². The maximum absolute atomic E-state index is 2.49. The number of rotatable bonds is 3. The van der Waals surface area contributed by atoms with Crippen molar-refractivity contribution >= 4 is 59.7 Å². The van der Waals surface area contributed by atoms with Gasteiger partial charge in [0.2, 0.25) is 0 Å². The SMILES string of the molecule is CC1(C)c2ccccc2-c2cc(-n3c4ccccc4c4cc(C5=CC(c6ccc7c8ccccc8c8ccccc8c7c6)CC=C5)ccc43)ccc21. The molecule has 0 amide bonds. The molecule has 0 saturated carbocycles. The summed E-state index contributed by atoms with van der Waals surface area (Å²) >= 11 is 0. The zero-order valence-electron chi connectivity index (χ0n) is 29.4. The van der Waals surface area contributed by atoms with Gasteiger partial charge in [-0.05, 0) is 114 Å². The van der Waals surface area contributed by atoms with Crippen LogP contribution < -0.4 is 0 Å². The van der Waals surface area contributed by atoms with Crippen LogP contribution in [0.2, 0.25) is 0 Å². The molecule has 1 aromatic heterocycles. The van der Waals surface area contributed by atoms with Gasteiger partial charge in [0.1, 0.15) is 0 Å². The van der Waals surface area contributed by atoms with E-state index in [0.29, 0.717) is 5.92 Å². The molecule has 0 aliphatic heterocycles. The Morgan fingerprint density at radius 3 is 1.92 bits per heavy atom. The normalized spacial score (nSPS) is 16.2. The van der Waals surface area contributed by atoms with Crippen LogP contribution in [-0.4, -0.2) is 4.57 Å². The highest BCUT2D eigenvalue weighted by atomic mass is 15.0. The van der Waals surface area contributed by atoms with Crippen LogP contribution in [0.1, 0.15) is 48.4 Å². The van der Waals surface area contributed by atoms with Crippen molar-refractivity contribution in [2.75, 3.05) is 0 Å². The molecule has 52 heavy (non-hydrogen) atoms. The predicted octanol–water partition coefficient (Wildman–Crippen LogP) is 13.7. The van der Waals surface area contributed by atoms with Crippen molar-refractivity contribution in [3.05, 3.63) is 192 Å². The first kappa shape index (κ1) is 29.5. The van der Waals surface area contributed by atoms with Crippen molar-refractivity contribution in [3.8, 4) is 16.8 Å². The third-order valence-electron chi connectivity index (χ3n) is 12.1. The topological polar surface area (TPSA) is 4.93 Å². The van der Waals surface area contributed by atoms with Gasteiger partial charge in [-0.3, -0.25) is 0 Å². The van der Waals surface area contributed by atoms with E-state index in [1.807, 2.05) is 0 Å². The molecule has 1 nitrogen and oxygen atoms in total. The van der Waals surface area contributed by atoms with Crippen LogP contribution >= 0.6 is 0 Å². The van der Waals surface area contributed by atoms with E-state index in [9.17, 15) is 0 Å². The molecule has 0 bridgehead atoms.